The summed E-state index contributed by atoms with van der Waals surface area (Å²) in [6.45, 7) is 1.94. The Morgan fingerprint density at radius 2 is 1.08 bits per heavy atom. The predicted molar refractivity (Wildman–Crippen MR) is 143 cm³/mol. The highest BCUT2D eigenvalue weighted by molar-refractivity contribution is 5.67. The monoisotopic (exact) mass is 534 g/mol. The van der Waals surface area contributed by atoms with Crippen LogP contribution in [0.5, 0.6) is 0 Å². The zero-order chi connectivity index (χ0) is 27.5. The zero-order valence-corrected chi connectivity index (χ0v) is 21.9. The number of rotatable bonds is 13. The van der Waals surface area contributed by atoms with E-state index in [0.717, 1.165) is 16.7 Å². The molecule has 3 aromatic rings. The van der Waals surface area contributed by atoms with Gasteiger partial charge in [-0.1, -0.05) is 91.0 Å². The van der Waals surface area contributed by atoms with Crippen LogP contribution in [0.1, 0.15) is 30.0 Å². The van der Waals surface area contributed by atoms with Gasteiger partial charge in [-0.3, -0.25) is 9.59 Å². The number of esters is 1. The maximum atomic E-state index is 11.8. The van der Waals surface area contributed by atoms with Crippen molar-refractivity contribution >= 4 is 11.9 Å². The Balaban J connectivity index is 1.64. The van der Waals surface area contributed by atoms with Crippen LogP contribution in [0.2, 0.25) is 0 Å². The Bertz CT molecular complexity index is 1150. The lowest BCUT2D eigenvalue weighted by atomic mass is 9.92. The first-order valence-electron chi connectivity index (χ1n) is 13.0. The van der Waals surface area contributed by atoms with Gasteiger partial charge >= 0.3 is 11.9 Å². The van der Waals surface area contributed by atoms with E-state index in [4.69, 9.17) is 23.7 Å². The average molecular weight is 535 g/mol. The van der Waals surface area contributed by atoms with Crippen LogP contribution in [-0.2, 0) is 53.1 Å². The van der Waals surface area contributed by atoms with E-state index in [1.807, 2.05) is 91.0 Å². The Hall–Kier alpha value is -3.56. The van der Waals surface area contributed by atoms with Crippen LogP contribution in [0.25, 0.3) is 0 Å². The quantitative estimate of drug-likeness (QED) is 0.319. The third-order valence-corrected chi connectivity index (χ3v) is 6.41. The van der Waals surface area contributed by atoms with Crippen LogP contribution in [0.4, 0.5) is 0 Å². The minimum atomic E-state index is -1.04. The van der Waals surface area contributed by atoms with E-state index in [0.29, 0.717) is 0 Å². The van der Waals surface area contributed by atoms with Gasteiger partial charge in [-0.25, -0.2) is 0 Å². The van der Waals surface area contributed by atoms with Gasteiger partial charge in [0.2, 0.25) is 0 Å². The molecule has 1 saturated heterocycles. The van der Waals surface area contributed by atoms with E-state index >= 15 is 0 Å². The molecule has 8 nitrogen and oxygen atoms in total. The van der Waals surface area contributed by atoms with Gasteiger partial charge < -0.3 is 28.8 Å². The van der Waals surface area contributed by atoms with Gasteiger partial charge in [0.15, 0.2) is 0 Å². The molecule has 0 aromatic heterocycles. The van der Waals surface area contributed by atoms with Crippen LogP contribution >= 0.6 is 0 Å². The minimum Gasteiger partial charge on any atom is -0.481 e. The lowest BCUT2D eigenvalue weighted by molar-refractivity contribution is -0.271. The summed E-state index contributed by atoms with van der Waals surface area (Å²) in [5.41, 5.74) is 2.82. The third-order valence-electron chi connectivity index (χ3n) is 6.41. The maximum absolute atomic E-state index is 11.8. The number of aliphatic carboxylic acids is 1. The Morgan fingerprint density at radius 1 is 0.667 bits per heavy atom. The minimum absolute atomic E-state index is 0.110. The molecule has 0 aliphatic carbocycles. The van der Waals surface area contributed by atoms with E-state index in [1.165, 1.54) is 6.92 Å². The normalized spacial score (nSPS) is 22.7. The van der Waals surface area contributed by atoms with Crippen molar-refractivity contribution in [1.82, 2.24) is 0 Å². The molecule has 5 atom stereocenters. The van der Waals surface area contributed by atoms with E-state index in [1.54, 1.807) is 0 Å². The molecule has 1 aliphatic heterocycles. The number of benzene rings is 3. The molecule has 0 saturated carbocycles. The zero-order valence-electron chi connectivity index (χ0n) is 21.9. The molecular weight excluding hydrogens is 500 g/mol. The molecule has 5 unspecified atom stereocenters. The van der Waals surface area contributed by atoms with Crippen LogP contribution in [0.15, 0.2) is 91.0 Å². The third kappa shape index (κ3) is 8.73. The molecule has 0 radical (unpaired) electrons. The number of carboxylic acids is 1. The SMILES string of the molecule is CC(=O)OCC1OC(CC(=O)O)C(OCc2ccccc2)C(OCc2ccccc2)C1OCc1ccccc1. The highest BCUT2D eigenvalue weighted by atomic mass is 16.6. The molecule has 4 rings (SSSR count). The van der Waals surface area contributed by atoms with Gasteiger partial charge in [0.25, 0.3) is 0 Å². The smallest absolute Gasteiger partial charge is 0.306 e. The van der Waals surface area contributed by atoms with Crippen LogP contribution in [0.3, 0.4) is 0 Å². The average Bonchev–Trinajstić information content (AvgIpc) is 2.95. The fourth-order valence-electron chi connectivity index (χ4n) is 4.55. The molecule has 1 heterocycles. The summed E-state index contributed by atoms with van der Waals surface area (Å²) in [6, 6.07) is 28.9. The lowest BCUT2D eigenvalue weighted by Gasteiger charge is -2.45. The van der Waals surface area contributed by atoms with Crippen molar-refractivity contribution in [3.05, 3.63) is 108 Å². The highest BCUT2D eigenvalue weighted by Crippen LogP contribution is 2.32. The number of carbonyl (C=O) groups is 2. The Kier molecular flexibility index (Phi) is 10.6. The van der Waals surface area contributed by atoms with Crippen molar-refractivity contribution in [1.29, 1.82) is 0 Å². The Labute approximate surface area is 228 Å². The molecular formula is C31H34O8. The van der Waals surface area contributed by atoms with Crippen molar-refractivity contribution < 1.29 is 38.4 Å². The maximum Gasteiger partial charge on any atom is 0.306 e. The van der Waals surface area contributed by atoms with E-state index in [2.05, 4.69) is 0 Å². The molecule has 0 spiro atoms. The molecule has 1 aliphatic rings. The molecule has 3 aromatic carbocycles. The first kappa shape index (κ1) is 28.4. The Morgan fingerprint density at radius 3 is 1.49 bits per heavy atom. The molecule has 1 fully saturated rings. The number of hydrogen-bond acceptors (Lipinski definition) is 7. The molecule has 39 heavy (non-hydrogen) atoms. The second-order valence-corrected chi connectivity index (χ2v) is 9.40. The van der Waals surface area contributed by atoms with Gasteiger partial charge in [0.05, 0.1) is 32.3 Å². The summed E-state index contributed by atoms with van der Waals surface area (Å²) in [5.74, 6) is -1.51. The van der Waals surface area contributed by atoms with Crippen molar-refractivity contribution in [3.63, 3.8) is 0 Å². The van der Waals surface area contributed by atoms with Gasteiger partial charge in [-0.15, -0.1) is 0 Å². The summed E-state index contributed by atoms with van der Waals surface area (Å²) in [4.78, 5) is 23.5. The van der Waals surface area contributed by atoms with Gasteiger partial charge in [0, 0.05) is 6.92 Å². The topological polar surface area (TPSA) is 101 Å². The van der Waals surface area contributed by atoms with Gasteiger partial charge in [-0.05, 0) is 16.7 Å². The van der Waals surface area contributed by atoms with Crippen molar-refractivity contribution in [2.75, 3.05) is 6.61 Å². The first-order valence-corrected chi connectivity index (χ1v) is 13.0. The summed E-state index contributed by atoms with van der Waals surface area (Å²) in [5, 5.41) is 9.69. The fraction of sp³-hybridized carbons (Fsp3) is 0.355. The highest BCUT2D eigenvalue weighted by Gasteiger charge is 2.49. The molecule has 0 amide bonds. The number of hydrogen-bond donors (Lipinski definition) is 1. The number of carbonyl (C=O) groups excluding carboxylic acids is 1. The van der Waals surface area contributed by atoms with E-state index in [9.17, 15) is 14.7 Å². The fourth-order valence-corrected chi connectivity index (χ4v) is 4.55. The molecule has 0 bridgehead atoms. The van der Waals surface area contributed by atoms with Gasteiger partial charge in [-0.2, -0.15) is 0 Å². The van der Waals surface area contributed by atoms with E-state index < -0.39 is 42.5 Å². The molecule has 1 N–H and O–H groups in total. The lowest BCUT2D eigenvalue weighted by Crippen LogP contribution is -2.61. The van der Waals surface area contributed by atoms with Gasteiger partial charge in [0.1, 0.15) is 31.0 Å². The van der Waals surface area contributed by atoms with Crippen molar-refractivity contribution in [3.8, 4) is 0 Å². The molecule has 206 valence electrons. The summed E-state index contributed by atoms with van der Waals surface area (Å²) < 4.78 is 30.7. The first-order chi connectivity index (χ1) is 19.0. The standard InChI is InChI=1S/C31H34O8/c1-22(32)35-21-27-30(37-19-24-13-7-3-8-14-24)31(38-20-25-15-9-4-10-16-25)29(26(39-27)17-28(33)34)36-18-23-11-5-2-6-12-23/h2-16,26-27,29-31H,17-21H2,1H3,(H,33,34). The molecule has 8 heteroatoms. The van der Waals surface area contributed by atoms with E-state index in [-0.39, 0.29) is 32.8 Å². The largest absolute Gasteiger partial charge is 0.481 e. The van der Waals surface area contributed by atoms with Crippen LogP contribution in [0, 0.1) is 0 Å². The van der Waals surface area contributed by atoms with Crippen molar-refractivity contribution in [2.45, 2.75) is 63.7 Å². The number of ether oxygens (including phenoxy) is 5. The van der Waals surface area contributed by atoms with Crippen LogP contribution in [-0.4, -0.2) is 54.2 Å². The summed E-state index contributed by atoms with van der Waals surface area (Å²) in [7, 11) is 0. The summed E-state index contributed by atoms with van der Waals surface area (Å²) in [6.07, 6.45) is -4.12. The van der Waals surface area contributed by atoms with Crippen molar-refractivity contribution in [2.24, 2.45) is 0 Å². The summed E-state index contributed by atoms with van der Waals surface area (Å²) >= 11 is 0. The number of carboxylic acid groups (broad SMARTS) is 1. The van der Waals surface area contributed by atoms with Crippen LogP contribution < -0.4 is 0 Å². The second kappa shape index (κ2) is 14.6. The predicted octanol–water partition coefficient (Wildman–Crippen LogP) is 4.55. The second-order valence-electron chi connectivity index (χ2n) is 9.40.